The lowest BCUT2D eigenvalue weighted by atomic mass is 10.1. The number of ether oxygens (including phenoxy) is 1. The molecule has 1 atom stereocenters. The first kappa shape index (κ1) is 20.6. The van der Waals surface area contributed by atoms with Gasteiger partial charge < -0.3 is 20.3 Å². The Hall–Kier alpha value is -3.62. The van der Waals surface area contributed by atoms with Gasteiger partial charge in [0.2, 0.25) is 11.8 Å². The predicted molar refractivity (Wildman–Crippen MR) is 120 cm³/mol. The number of likely N-dealkylation sites (N-methyl/N-ethyl adjacent to an activating group) is 1. The van der Waals surface area contributed by atoms with Crippen molar-refractivity contribution in [3.8, 4) is 5.88 Å². The van der Waals surface area contributed by atoms with Crippen LogP contribution in [-0.4, -0.2) is 45.9 Å². The number of anilines is 3. The summed E-state index contributed by atoms with van der Waals surface area (Å²) in [6.45, 7) is 5.15. The average molecular weight is 422 g/mol. The molecule has 3 aromatic heterocycles. The van der Waals surface area contributed by atoms with Gasteiger partial charge in [0.05, 0.1) is 36.9 Å². The van der Waals surface area contributed by atoms with Gasteiger partial charge in [-0.05, 0) is 25.0 Å². The van der Waals surface area contributed by atoms with Gasteiger partial charge in [-0.15, -0.1) is 0 Å². The van der Waals surface area contributed by atoms with E-state index in [1.165, 1.54) is 0 Å². The maximum atomic E-state index is 12.3. The smallest absolute Gasteiger partial charge is 0.247 e. The van der Waals surface area contributed by atoms with Gasteiger partial charge in [0, 0.05) is 43.7 Å². The molecule has 0 saturated carbocycles. The average Bonchev–Trinajstić information content (AvgIpc) is 3.21. The van der Waals surface area contributed by atoms with Crippen LogP contribution >= 0.6 is 0 Å². The summed E-state index contributed by atoms with van der Waals surface area (Å²) in [7, 11) is 3.56. The Balaban J connectivity index is 1.45. The number of fused-ring (bicyclic) bond motifs is 1. The van der Waals surface area contributed by atoms with Crippen LogP contribution in [0.3, 0.4) is 0 Å². The summed E-state index contributed by atoms with van der Waals surface area (Å²) in [6, 6.07) is 5.66. The van der Waals surface area contributed by atoms with E-state index in [1.807, 2.05) is 61.1 Å². The number of pyridine rings is 2. The molecule has 1 aliphatic rings. The molecule has 0 saturated heterocycles. The summed E-state index contributed by atoms with van der Waals surface area (Å²) in [5, 5.41) is 10.8. The van der Waals surface area contributed by atoms with Crippen LogP contribution in [0.5, 0.6) is 5.88 Å². The Morgan fingerprint density at radius 3 is 2.90 bits per heavy atom. The van der Waals surface area contributed by atoms with Crippen molar-refractivity contribution in [3.63, 3.8) is 0 Å². The van der Waals surface area contributed by atoms with Gasteiger partial charge in [-0.1, -0.05) is 6.92 Å². The zero-order valence-corrected chi connectivity index (χ0v) is 18.2. The largest absolute Gasteiger partial charge is 0.481 e. The molecule has 31 heavy (non-hydrogen) atoms. The predicted octanol–water partition coefficient (Wildman–Crippen LogP) is 2.82. The van der Waals surface area contributed by atoms with Gasteiger partial charge in [0.1, 0.15) is 11.9 Å². The minimum atomic E-state index is -0.174. The topological polar surface area (TPSA) is 97.2 Å². The van der Waals surface area contributed by atoms with Gasteiger partial charge in [-0.3, -0.25) is 9.48 Å². The van der Waals surface area contributed by atoms with Crippen LogP contribution in [0.25, 0.3) is 0 Å². The molecule has 9 heteroatoms. The van der Waals surface area contributed by atoms with Crippen molar-refractivity contribution in [2.24, 2.45) is 0 Å². The van der Waals surface area contributed by atoms with Crippen molar-refractivity contribution < 1.29 is 9.53 Å². The highest BCUT2D eigenvalue weighted by molar-refractivity contribution is 6.04. The number of methoxy groups -OCH3 is 1. The van der Waals surface area contributed by atoms with Gasteiger partial charge >= 0.3 is 0 Å². The number of amides is 1. The normalized spacial score (nSPS) is 15.4. The molecule has 2 N–H and O–H groups in total. The molecule has 0 radical (unpaired) electrons. The molecule has 0 unspecified atom stereocenters. The molecule has 0 aliphatic carbocycles. The number of carbonyl (C=O) groups is 1. The van der Waals surface area contributed by atoms with Crippen LogP contribution in [0.4, 0.5) is 17.2 Å². The monoisotopic (exact) mass is 421 g/mol. The molecular weight excluding hydrogens is 394 g/mol. The minimum absolute atomic E-state index is 0.0161. The molecule has 1 aliphatic heterocycles. The van der Waals surface area contributed by atoms with Crippen LogP contribution in [0, 0.1) is 6.92 Å². The highest BCUT2D eigenvalue weighted by Crippen LogP contribution is 2.35. The van der Waals surface area contributed by atoms with Gasteiger partial charge in [-0.2, -0.15) is 5.10 Å². The number of hydrogen-bond donors (Lipinski definition) is 2. The summed E-state index contributed by atoms with van der Waals surface area (Å²) in [5.41, 5.74) is 4.66. The molecule has 0 spiro atoms. The maximum absolute atomic E-state index is 12.3. The van der Waals surface area contributed by atoms with Crippen LogP contribution in [0.2, 0.25) is 0 Å². The van der Waals surface area contributed by atoms with E-state index in [0.717, 1.165) is 40.4 Å². The van der Waals surface area contributed by atoms with Crippen LogP contribution in [0.1, 0.15) is 30.2 Å². The zero-order chi connectivity index (χ0) is 22.0. The van der Waals surface area contributed by atoms with Crippen molar-refractivity contribution in [2.75, 3.05) is 29.7 Å². The zero-order valence-electron chi connectivity index (χ0n) is 18.2. The molecule has 4 rings (SSSR count). The van der Waals surface area contributed by atoms with Crippen molar-refractivity contribution in [1.29, 1.82) is 0 Å². The Labute approximate surface area is 181 Å². The van der Waals surface area contributed by atoms with Crippen LogP contribution in [-0.2, 0) is 17.9 Å². The Bertz CT molecular complexity index is 1100. The van der Waals surface area contributed by atoms with E-state index < -0.39 is 0 Å². The lowest BCUT2D eigenvalue weighted by molar-refractivity contribution is -0.117. The number of rotatable bonds is 7. The molecule has 162 valence electrons. The van der Waals surface area contributed by atoms with Crippen molar-refractivity contribution in [3.05, 3.63) is 53.6 Å². The first-order chi connectivity index (χ1) is 15.0. The van der Waals surface area contributed by atoms with E-state index >= 15 is 0 Å². The molecule has 0 fully saturated rings. The SMILES string of the molecule is CC[C@H]1C(=O)Nc2c(cc(NCc3cnn(Cc4ccnc(OC)c4)c3)nc2C)N1C. The molecule has 9 nitrogen and oxygen atoms in total. The fourth-order valence-electron chi connectivity index (χ4n) is 3.81. The number of hydrogen-bond acceptors (Lipinski definition) is 7. The molecule has 0 aromatic carbocycles. The molecule has 0 bridgehead atoms. The number of nitrogens with one attached hydrogen (secondary N) is 2. The third-order valence-electron chi connectivity index (χ3n) is 5.48. The van der Waals surface area contributed by atoms with E-state index in [9.17, 15) is 4.79 Å². The standard InChI is InChI=1S/C22H27N7O2/c1-5-17-22(30)27-21-14(2)26-19(9-18(21)28(17)3)24-10-16-11-25-29(13-16)12-15-6-7-23-20(8-15)31-4/h6-9,11,13,17H,5,10,12H2,1-4H3,(H,24,26)(H,27,30)/t17-/m0/s1. The Kier molecular flexibility index (Phi) is 5.75. The fraction of sp³-hybridized carbons (Fsp3) is 0.364. The second kappa shape index (κ2) is 8.63. The van der Waals surface area contributed by atoms with Crippen LogP contribution < -0.4 is 20.3 Å². The Morgan fingerprint density at radius 2 is 2.13 bits per heavy atom. The molecule has 3 aromatic rings. The van der Waals surface area contributed by atoms with Gasteiger partial charge in [-0.25, -0.2) is 9.97 Å². The van der Waals surface area contributed by atoms with Crippen molar-refractivity contribution in [2.45, 2.75) is 39.4 Å². The lowest BCUT2D eigenvalue weighted by Gasteiger charge is -2.35. The van der Waals surface area contributed by atoms with Crippen LogP contribution in [0.15, 0.2) is 36.8 Å². The summed E-state index contributed by atoms with van der Waals surface area (Å²) in [5.74, 6) is 1.37. The number of aryl methyl sites for hydroxylation is 1. The second-order valence-corrected chi connectivity index (χ2v) is 7.62. The van der Waals surface area contributed by atoms with E-state index in [1.54, 1.807) is 13.3 Å². The van der Waals surface area contributed by atoms with Gasteiger partial charge in [0.15, 0.2) is 0 Å². The van der Waals surface area contributed by atoms with E-state index in [-0.39, 0.29) is 11.9 Å². The molecule has 4 heterocycles. The highest BCUT2D eigenvalue weighted by atomic mass is 16.5. The quantitative estimate of drug-likeness (QED) is 0.605. The van der Waals surface area contributed by atoms with E-state index in [4.69, 9.17) is 4.74 Å². The highest BCUT2D eigenvalue weighted by Gasteiger charge is 2.30. The van der Waals surface area contributed by atoms with E-state index in [2.05, 4.69) is 25.7 Å². The molecular formula is C22H27N7O2. The summed E-state index contributed by atoms with van der Waals surface area (Å²) in [6.07, 6.45) is 6.32. The third kappa shape index (κ3) is 4.30. The number of aromatic nitrogens is 4. The summed E-state index contributed by atoms with van der Waals surface area (Å²) < 4.78 is 7.06. The Morgan fingerprint density at radius 1 is 1.29 bits per heavy atom. The third-order valence-corrected chi connectivity index (χ3v) is 5.48. The van der Waals surface area contributed by atoms with E-state index in [0.29, 0.717) is 19.0 Å². The first-order valence-corrected chi connectivity index (χ1v) is 10.3. The summed E-state index contributed by atoms with van der Waals surface area (Å²) in [4.78, 5) is 23.1. The minimum Gasteiger partial charge on any atom is -0.481 e. The number of carbonyl (C=O) groups excluding carboxylic acids is 1. The summed E-state index contributed by atoms with van der Waals surface area (Å²) >= 11 is 0. The number of nitrogens with zero attached hydrogens (tertiary/aromatic N) is 5. The van der Waals surface area contributed by atoms with Gasteiger partial charge in [0.25, 0.3) is 0 Å². The molecule has 1 amide bonds. The first-order valence-electron chi connectivity index (χ1n) is 10.3. The second-order valence-electron chi connectivity index (χ2n) is 7.62. The fourth-order valence-corrected chi connectivity index (χ4v) is 3.81. The van der Waals surface area contributed by atoms with Crippen molar-refractivity contribution in [1.82, 2.24) is 19.7 Å². The lowest BCUT2D eigenvalue weighted by Crippen LogP contribution is -2.45. The van der Waals surface area contributed by atoms with Crippen molar-refractivity contribution >= 4 is 23.1 Å². The maximum Gasteiger partial charge on any atom is 0.247 e.